The van der Waals surface area contributed by atoms with Crippen molar-refractivity contribution >= 4 is 23.3 Å². The molecule has 0 spiro atoms. The fraction of sp³-hybridized carbons (Fsp3) is 0.160. The van der Waals surface area contributed by atoms with E-state index >= 15 is 0 Å². The first-order chi connectivity index (χ1) is 17.4. The molecule has 4 rings (SSSR count). The summed E-state index contributed by atoms with van der Waals surface area (Å²) in [5, 5.41) is 37.0. The maximum Gasteiger partial charge on any atom is 0.232 e. The van der Waals surface area contributed by atoms with Crippen molar-refractivity contribution in [2.24, 2.45) is 0 Å². The maximum absolute atomic E-state index is 10.4. The zero-order valence-electron chi connectivity index (χ0n) is 19.8. The minimum Gasteiger partial charge on any atom is -0.508 e. The van der Waals surface area contributed by atoms with Crippen molar-refractivity contribution in [1.29, 1.82) is 0 Å². The Balaban J connectivity index is 1.69. The number of nitrogens with zero attached hydrogens (tertiary/aromatic N) is 3. The molecule has 3 aromatic carbocycles. The molecule has 36 heavy (non-hydrogen) atoms. The van der Waals surface area contributed by atoms with Crippen LogP contribution in [0.15, 0.2) is 54.6 Å². The van der Waals surface area contributed by atoms with E-state index in [1.807, 2.05) is 0 Å². The summed E-state index contributed by atoms with van der Waals surface area (Å²) in [6.45, 7) is 0. The quantitative estimate of drug-likeness (QED) is 0.215. The normalized spacial score (nSPS) is 10.5. The van der Waals surface area contributed by atoms with Gasteiger partial charge >= 0.3 is 0 Å². The van der Waals surface area contributed by atoms with Gasteiger partial charge in [-0.05, 0) is 30.3 Å². The molecular formula is C25H25N5O6. The van der Waals surface area contributed by atoms with E-state index in [0.717, 1.165) is 0 Å². The van der Waals surface area contributed by atoms with Crippen LogP contribution < -0.4 is 24.8 Å². The number of phenols is 3. The van der Waals surface area contributed by atoms with Crippen LogP contribution in [0.4, 0.5) is 23.3 Å². The van der Waals surface area contributed by atoms with E-state index in [1.165, 1.54) is 39.5 Å². The number of phenolic OH excluding ortho intramolecular Hbond substituents is 3. The molecule has 0 atom stereocenters. The van der Waals surface area contributed by atoms with Crippen LogP contribution in [0.3, 0.4) is 0 Å². The van der Waals surface area contributed by atoms with Crippen LogP contribution in [0.1, 0.15) is 11.4 Å². The molecule has 0 aliphatic carbocycles. The first-order valence-electron chi connectivity index (χ1n) is 10.8. The highest BCUT2D eigenvalue weighted by Crippen LogP contribution is 2.32. The van der Waals surface area contributed by atoms with Crippen LogP contribution in [0.2, 0.25) is 0 Å². The van der Waals surface area contributed by atoms with Crippen molar-refractivity contribution in [1.82, 2.24) is 15.0 Å². The van der Waals surface area contributed by atoms with Crippen LogP contribution in [0, 0.1) is 0 Å². The van der Waals surface area contributed by atoms with Crippen LogP contribution in [-0.2, 0) is 6.42 Å². The molecule has 11 heteroatoms. The Labute approximate surface area is 207 Å². The lowest BCUT2D eigenvalue weighted by molar-refractivity contribution is 0.406. The number of aromatic hydroxyl groups is 3. The maximum atomic E-state index is 10.4. The summed E-state index contributed by atoms with van der Waals surface area (Å²) < 4.78 is 15.4. The smallest absolute Gasteiger partial charge is 0.232 e. The lowest BCUT2D eigenvalue weighted by Crippen LogP contribution is -2.08. The molecule has 0 saturated carbocycles. The van der Waals surface area contributed by atoms with Crippen molar-refractivity contribution in [2.45, 2.75) is 6.42 Å². The first-order valence-corrected chi connectivity index (χ1v) is 10.8. The molecule has 0 saturated heterocycles. The van der Waals surface area contributed by atoms with E-state index in [9.17, 15) is 15.3 Å². The van der Waals surface area contributed by atoms with Gasteiger partial charge in [-0.25, -0.2) is 0 Å². The fourth-order valence-electron chi connectivity index (χ4n) is 3.33. The summed E-state index contributed by atoms with van der Waals surface area (Å²) in [4.78, 5) is 13.3. The highest BCUT2D eigenvalue weighted by Gasteiger charge is 2.14. The Morgan fingerprint density at radius 1 is 0.611 bits per heavy atom. The van der Waals surface area contributed by atoms with Crippen LogP contribution in [0.5, 0.6) is 34.5 Å². The third-order valence-corrected chi connectivity index (χ3v) is 5.23. The van der Waals surface area contributed by atoms with Crippen molar-refractivity contribution in [3.8, 4) is 34.5 Å². The Morgan fingerprint density at radius 3 is 1.47 bits per heavy atom. The van der Waals surface area contributed by atoms with E-state index in [2.05, 4.69) is 25.6 Å². The molecule has 0 unspecified atom stereocenters. The predicted octanol–water partition coefficient (Wildman–Crippen LogP) is 4.09. The molecule has 4 aromatic rings. The predicted molar refractivity (Wildman–Crippen MR) is 133 cm³/mol. The standard InChI is InChI=1S/C25H25N5O6/c1-34-15-5-4-14(20(31)11-15)10-23-28-24(26-18-8-6-16(35-2)12-21(18)32)30-25(29-23)27-19-9-7-17(36-3)13-22(19)33/h4-9,11-13,31-33H,10H2,1-3H3,(H2,26,27,28,29,30). The third kappa shape index (κ3) is 5.58. The van der Waals surface area contributed by atoms with Gasteiger partial charge in [-0.2, -0.15) is 15.0 Å². The molecule has 186 valence electrons. The van der Waals surface area contributed by atoms with Gasteiger partial charge in [-0.1, -0.05) is 6.07 Å². The zero-order chi connectivity index (χ0) is 25.7. The largest absolute Gasteiger partial charge is 0.508 e. The lowest BCUT2D eigenvalue weighted by atomic mass is 10.1. The number of hydrogen-bond donors (Lipinski definition) is 5. The van der Waals surface area contributed by atoms with Crippen molar-refractivity contribution in [2.75, 3.05) is 32.0 Å². The molecule has 1 aromatic heterocycles. The molecule has 0 aliphatic heterocycles. The topological polar surface area (TPSA) is 151 Å². The average molecular weight is 492 g/mol. The summed E-state index contributed by atoms with van der Waals surface area (Å²) in [6, 6.07) is 14.4. The van der Waals surface area contributed by atoms with Gasteiger partial charge in [0.2, 0.25) is 11.9 Å². The van der Waals surface area contributed by atoms with E-state index in [-0.39, 0.29) is 35.6 Å². The number of aromatic nitrogens is 3. The molecule has 0 radical (unpaired) electrons. The van der Waals surface area contributed by atoms with Gasteiger partial charge in [-0.3, -0.25) is 0 Å². The molecule has 1 heterocycles. The molecule has 0 bridgehead atoms. The van der Waals surface area contributed by atoms with E-state index in [1.54, 1.807) is 36.4 Å². The summed E-state index contributed by atoms with van der Waals surface area (Å²) in [7, 11) is 4.52. The number of anilines is 4. The molecular weight excluding hydrogens is 466 g/mol. The number of nitrogens with one attached hydrogen (secondary N) is 2. The van der Waals surface area contributed by atoms with Gasteiger partial charge in [0.15, 0.2) is 0 Å². The Bertz CT molecular complexity index is 1200. The average Bonchev–Trinajstić information content (AvgIpc) is 2.87. The van der Waals surface area contributed by atoms with Crippen LogP contribution in [-0.4, -0.2) is 51.6 Å². The number of rotatable bonds is 9. The van der Waals surface area contributed by atoms with Gasteiger partial charge in [-0.15, -0.1) is 0 Å². The molecule has 0 aliphatic rings. The fourth-order valence-corrected chi connectivity index (χ4v) is 3.33. The second kappa shape index (κ2) is 10.6. The van der Waals surface area contributed by atoms with Gasteiger partial charge in [0.1, 0.15) is 40.3 Å². The van der Waals surface area contributed by atoms with E-state index in [0.29, 0.717) is 40.0 Å². The lowest BCUT2D eigenvalue weighted by Gasteiger charge is -2.13. The summed E-state index contributed by atoms with van der Waals surface area (Å²) >= 11 is 0. The second-order valence-corrected chi connectivity index (χ2v) is 7.59. The summed E-state index contributed by atoms with van der Waals surface area (Å²) in [6.07, 6.45) is 0.172. The van der Waals surface area contributed by atoms with Gasteiger partial charge in [0, 0.05) is 30.2 Å². The minimum atomic E-state index is -0.0635. The number of benzene rings is 3. The Kier molecular flexibility index (Phi) is 7.10. The molecule has 0 amide bonds. The third-order valence-electron chi connectivity index (χ3n) is 5.23. The molecule has 11 nitrogen and oxygen atoms in total. The second-order valence-electron chi connectivity index (χ2n) is 7.59. The SMILES string of the molecule is COc1ccc(Cc2nc(Nc3ccc(OC)cc3O)nc(Nc3ccc(OC)cc3O)n2)c(O)c1. The number of hydrogen-bond acceptors (Lipinski definition) is 11. The molecule has 5 N–H and O–H groups in total. The van der Waals surface area contributed by atoms with E-state index in [4.69, 9.17) is 14.2 Å². The number of methoxy groups -OCH3 is 3. The van der Waals surface area contributed by atoms with Crippen LogP contribution >= 0.6 is 0 Å². The highest BCUT2D eigenvalue weighted by molar-refractivity contribution is 5.66. The van der Waals surface area contributed by atoms with E-state index < -0.39 is 0 Å². The van der Waals surface area contributed by atoms with Crippen molar-refractivity contribution < 1.29 is 29.5 Å². The summed E-state index contributed by atoms with van der Waals surface area (Å²) in [5.41, 5.74) is 1.26. The first kappa shape index (κ1) is 24.2. The molecule has 0 fully saturated rings. The zero-order valence-corrected chi connectivity index (χ0v) is 19.8. The van der Waals surface area contributed by atoms with Crippen molar-refractivity contribution in [3.63, 3.8) is 0 Å². The Morgan fingerprint density at radius 2 is 1.06 bits per heavy atom. The highest BCUT2D eigenvalue weighted by atomic mass is 16.5. The van der Waals surface area contributed by atoms with Gasteiger partial charge in [0.25, 0.3) is 0 Å². The van der Waals surface area contributed by atoms with Gasteiger partial charge < -0.3 is 40.2 Å². The van der Waals surface area contributed by atoms with Gasteiger partial charge in [0.05, 0.1) is 32.7 Å². The van der Waals surface area contributed by atoms with Crippen molar-refractivity contribution in [3.05, 3.63) is 66.0 Å². The monoisotopic (exact) mass is 491 g/mol. The number of ether oxygens (including phenoxy) is 3. The Hall–Kier alpha value is -4.93. The van der Waals surface area contributed by atoms with Crippen LogP contribution in [0.25, 0.3) is 0 Å². The minimum absolute atomic E-state index is 0.0272. The summed E-state index contributed by atoms with van der Waals surface area (Å²) in [5.74, 6) is 1.96.